The van der Waals surface area contributed by atoms with Crippen LogP contribution in [0.2, 0.25) is 0 Å². The number of rotatable bonds is 5. The van der Waals surface area contributed by atoms with Crippen LogP contribution in [0.5, 0.6) is 11.5 Å². The summed E-state index contributed by atoms with van der Waals surface area (Å²) in [6.07, 6.45) is 6.57. The molecular weight excluding hydrogens is 414 g/mol. The quantitative estimate of drug-likeness (QED) is 0.412. The highest BCUT2D eigenvalue weighted by atomic mass is 16.5. The van der Waals surface area contributed by atoms with E-state index in [0.29, 0.717) is 6.54 Å². The number of likely N-dealkylation sites (tertiary alicyclic amines) is 1. The molecule has 1 aliphatic rings. The minimum absolute atomic E-state index is 0.0457. The fraction of sp³-hybridized carbons (Fsp3) is 0.231. The molecule has 7 heteroatoms. The van der Waals surface area contributed by atoms with Crippen LogP contribution in [0.25, 0.3) is 22.3 Å². The molecule has 1 aliphatic heterocycles. The lowest BCUT2D eigenvalue weighted by molar-refractivity contribution is -0.127. The Balaban J connectivity index is 1.50. The van der Waals surface area contributed by atoms with E-state index in [1.165, 1.54) is 6.08 Å². The number of piperidine rings is 1. The van der Waals surface area contributed by atoms with Crippen molar-refractivity contribution in [1.82, 2.24) is 24.6 Å². The summed E-state index contributed by atoms with van der Waals surface area (Å²) in [4.78, 5) is 22.8. The molecule has 1 fully saturated rings. The smallest absolute Gasteiger partial charge is 0.246 e. The summed E-state index contributed by atoms with van der Waals surface area (Å²) in [6, 6.07) is 15.8. The van der Waals surface area contributed by atoms with Gasteiger partial charge in [-0.3, -0.25) is 4.79 Å². The van der Waals surface area contributed by atoms with Gasteiger partial charge in [0.15, 0.2) is 5.65 Å². The standard InChI is InChI=1S/C26H25N5O2/c1-3-24(32)30-13-7-8-20(16-30)31-26-22(15-27-17-28-26)25(29-31)19-11-12-23(18(2)14-19)33-21-9-5-4-6-10-21/h3-6,9-12,14-15,17,20H,1,7-8,13,16H2,2H3. The van der Waals surface area contributed by atoms with E-state index < -0.39 is 0 Å². The lowest BCUT2D eigenvalue weighted by Gasteiger charge is -2.32. The number of para-hydroxylation sites is 1. The average Bonchev–Trinajstić information content (AvgIpc) is 3.25. The Morgan fingerprint density at radius 1 is 1.21 bits per heavy atom. The van der Waals surface area contributed by atoms with Crippen LogP contribution in [0.4, 0.5) is 0 Å². The molecule has 33 heavy (non-hydrogen) atoms. The van der Waals surface area contributed by atoms with Crippen LogP contribution in [-0.4, -0.2) is 43.6 Å². The average molecular weight is 440 g/mol. The first-order valence-corrected chi connectivity index (χ1v) is 11.1. The lowest BCUT2D eigenvalue weighted by atomic mass is 10.1. The van der Waals surface area contributed by atoms with E-state index in [4.69, 9.17) is 9.84 Å². The third-order valence-electron chi connectivity index (χ3n) is 6.02. The molecule has 0 aliphatic carbocycles. The van der Waals surface area contributed by atoms with E-state index in [0.717, 1.165) is 58.7 Å². The molecule has 2 aromatic carbocycles. The van der Waals surface area contributed by atoms with Crippen molar-refractivity contribution in [2.45, 2.75) is 25.8 Å². The van der Waals surface area contributed by atoms with Crippen LogP contribution in [-0.2, 0) is 4.79 Å². The van der Waals surface area contributed by atoms with Crippen molar-refractivity contribution < 1.29 is 9.53 Å². The van der Waals surface area contributed by atoms with Crippen molar-refractivity contribution in [3.8, 4) is 22.8 Å². The SMILES string of the molecule is C=CC(=O)N1CCCC(n2nc(-c3ccc(Oc4ccccc4)c(C)c3)c3cncnc32)C1. The van der Waals surface area contributed by atoms with Gasteiger partial charge in [0.1, 0.15) is 23.5 Å². The van der Waals surface area contributed by atoms with Crippen molar-refractivity contribution in [3.05, 3.63) is 79.3 Å². The number of aryl methyl sites for hydroxylation is 1. The minimum atomic E-state index is -0.0457. The van der Waals surface area contributed by atoms with Gasteiger partial charge < -0.3 is 9.64 Å². The number of amides is 1. The summed E-state index contributed by atoms with van der Waals surface area (Å²) in [5.74, 6) is 1.55. The Hall–Kier alpha value is -4.00. The van der Waals surface area contributed by atoms with Crippen molar-refractivity contribution in [3.63, 3.8) is 0 Å². The van der Waals surface area contributed by atoms with Crippen LogP contribution >= 0.6 is 0 Å². The maximum absolute atomic E-state index is 12.2. The lowest BCUT2D eigenvalue weighted by Crippen LogP contribution is -2.40. The summed E-state index contributed by atoms with van der Waals surface area (Å²) in [7, 11) is 0. The topological polar surface area (TPSA) is 73.1 Å². The molecule has 166 valence electrons. The highest BCUT2D eigenvalue weighted by molar-refractivity contribution is 5.91. The van der Waals surface area contributed by atoms with E-state index in [1.807, 2.05) is 59.0 Å². The Morgan fingerprint density at radius 3 is 2.85 bits per heavy atom. The predicted molar refractivity (Wildman–Crippen MR) is 127 cm³/mol. The molecule has 0 saturated carbocycles. The Bertz CT molecular complexity index is 1320. The van der Waals surface area contributed by atoms with Crippen molar-refractivity contribution in [1.29, 1.82) is 0 Å². The van der Waals surface area contributed by atoms with Gasteiger partial charge in [-0.05, 0) is 61.7 Å². The number of hydrogen-bond donors (Lipinski definition) is 0. The van der Waals surface area contributed by atoms with Crippen LogP contribution in [0.15, 0.2) is 73.7 Å². The van der Waals surface area contributed by atoms with Gasteiger partial charge in [0.2, 0.25) is 5.91 Å². The van der Waals surface area contributed by atoms with Gasteiger partial charge in [0.05, 0.1) is 11.4 Å². The molecule has 5 rings (SSSR count). The van der Waals surface area contributed by atoms with E-state index in [-0.39, 0.29) is 11.9 Å². The number of fused-ring (bicyclic) bond motifs is 1. The summed E-state index contributed by atoms with van der Waals surface area (Å²) >= 11 is 0. The summed E-state index contributed by atoms with van der Waals surface area (Å²) in [5.41, 5.74) is 3.59. The zero-order chi connectivity index (χ0) is 22.8. The summed E-state index contributed by atoms with van der Waals surface area (Å²) in [5, 5.41) is 5.86. The third-order valence-corrected chi connectivity index (χ3v) is 6.02. The fourth-order valence-corrected chi connectivity index (χ4v) is 4.36. The number of hydrogen-bond acceptors (Lipinski definition) is 5. The molecule has 1 atom stereocenters. The van der Waals surface area contributed by atoms with Crippen molar-refractivity contribution >= 4 is 16.9 Å². The van der Waals surface area contributed by atoms with Crippen LogP contribution < -0.4 is 4.74 Å². The third kappa shape index (κ3) is 4.09. The number of carbonyl (C=O) groups excluding carboxylic acids is 1. The maximum Gasteiger partial charge on any atom is 0.246 e. The first kappa shape index (κ1) is 20.9. The van der Waals surface area contributed by atoms with Gasteiger partial charge in [-0.15, -0.1) is 0 Å². The van der Waals surface area contributed by atoms with Crippen molar-refractivity contribution in [2.24, 2.45) is 0 Å². The normalized spacial score (nSPS) is 16.0. The fourth-order valence-electron chi connectivity index (χ4n) is 4.36. The number of aromatic nitrogens is 4. The largest absolute Gasteiger partial charge is 0.457 e. The Labute approximate surface area is 192 Å². The van der Waals surface area contributed by atoms with E-state index in [2.05, 4.69) is 22.6 Å². The molecule has 1 amide bonds. The molecule has 0 spiro atoms. The van der Waals surface area contributed by atoms with E-state index in [9.17, 15) is 4.79 Å². The molecule has 0 N–H and O–H groups in total. The van der Waals surface area contributed by atoms with Gasteiger partial charge in [0.25, 0.3) is 0 Å². The van der Waals surface area contributed by atoms with Gasteiger partial charge in [-0.1, -0.05) is 24.8 Å². The van der Waals surface area contributed by atoms with E-state index in [1.54, 1.807) is 12.5 Å². The van der Waals surface area contributed by atoms with Crippen LogP contribution in [0.1, 0.15) is 24.4 Å². The van der Waals surface area contributed by atoms with Crippen LogP contribution in [0, 0.1) is 6.92 Å². The zero-order valence-corrected chi connectivity index (χ0v) is 18.5. The molecule has 1 saturated heterocycles. The van der Waals surface area contributed by atoms with Gasteiger partial charge >= 0.3 is 0 Å². The highest BCUT2D eigenvalue weighted by Gasteiger charge is 2.27. The van der Waals surface area contributed by atoms with Crippen LogP contribution in [0.3, 0.4) is 0 Å². The molecular formula is C26H25N5O2. The Morgan fingerprint density at radius 2 is 2.06 bits per heavy atom. The summed E-state index contributed by atoms with van der Waals surface area (Å²) in [6.45, 7) is 6.98. The number of benzene rings is 2. The molecule has 0 bridgehead atoms. The molecule has 2 aromatic heterocycles. The second-order valence-corrected chi connectivity index (χ2v) is 8.23. The molecule has 7 nitrogen and oxygen atoms in total. The minimum Gasteiger partial charge on any atom is -0.457 e. The number of carbonyl (C=O) groups is 1. The molecule has 4 aromatic rings. The first-order chi connectivity index (χ1) is 16.1. The van der Waals surface area contributed by atoms with E-state index >= 15 is 0 Å². The summed E-state index contributed by atoms with van der Waals surface area (Å²) < 4.78 is 7.99. The van der Waals surface area contributed by atoms with Crippen molar-refractivity contribution in [2.75, 3.05) is 13.1 Å². The first-order valence-electron chi connectivity index (χ1n) is 11.1. The zero-order valence-electron chi connectivity index (χ0n) is 18.5. The molecule has 1 unspecified atom stereocenters. The second-order valence-electron chi connectivity index (χ2n) is 8.23. The van der Waals surface area contributed by atoms with Gasteiger partial charge in [0, 0.05) is 24.8 Å². The maximum atomic E-state index is 12.2. The number of ether oxygens (including phenoxy) is 1. The Kier molecular flexibility index (Phi) is 5.60. The number of nitrogens with zero attached hydrogens (tertiary/aromatic N) is 5. The van der Waals surface area contributed by atoms with Gasteiger partial charge in [-0.2, -0.15) is 5.10 Å². The molecule has 0 radical (unpaired) electrons. The molecule has 3 heterocycles. The second kappa shape index (κ2) is 8.86. The monoisotopic (exact) mass is 439 g/mol. The highest BCUT2D eigenvalue weighted by Crippen LogP contribution is 2.34. The predicted octanol–water partition coefficient (Wildman–Crippen LogP) is 4.94. The van der Waals surface area contributed by atoms with Gasteiger partial charge in [-0.25, -0.2) is 14.6 Å².